The van der Waals surface area contributed by atoms with E-state index in [4.69, 9.17) is 9.47 Å². The van der Waals surface area contributed by atoms with Crippen molar-refractivity contribution < 1.29 is 19.2 Å². The third kappa shape index (κ3) is 2.89. The highest BCUT2D eigenvalue weighted by molar-refractivity contribution is 7.99. The molecule has 0 bridgehead atoms. The smallest absolute Gasteiger partial charge is 0.269 e. The van der Waals surface area contributed by atoms with Crippen molar-refractivity contribution in [2.75, 3.05) is 19.1 Å². The maximum Gasteiger partial charge on any atom is 0.269 e. The number of hydrogen-bond donors (Lipinski definition) is 0. The molecule has 2 aliphatic rings. The molecule has 0 saturated carbocycles. The quantitative estimate of drug-likeness (QED) is 0.619. The maximum atomic E-state index is 12.8. The number of hydrogen-bond acceptors (Lipinski definition) is 6. The van der Waals surface area contributed by atoms with Crippen molar-refractivity contribution in [1.82, 2.24) is 4.90 Å². The fraction of sp³-hybridized carbons (Fsp3) is 0.235. The first kappa shape index (κ1) is 15.8. The number of carbonyl (C=O) groups excluding carboxylic acids is 1. The van der Waals surface area contributed by atoms with E-state index in [-0.39, 0.29) is 23.8 Å². The number of rotatable bonds is 3. The maximum absolute atomic E-state index is 12.8. The van der Waals surface area contributed by atoms with Gasteiger partial charge in [-0.1, -0.05) is 6.07 Å². The minimum Gasteiger partial charge on any atom is -0.454 e. The standard InChI is InChI=1S/C17H14N2O5S/c20-16(11-1-4-13(5-2-11)19(21)22)18-7-8-25-17(18)12-3-6-14-15(9-12)24-10-23-14/h1-6,9,17H,7-8,10H2. The zero-order chi connectivity index (χ0) is 17.4. The largest absolute Gasteiger partial charge is 0.454 e. The molecule has 0 aromatic heterocycles. The Kier molecular flexibility index (Phi) is 3.96. The lowest BCUT2D eigenvalue weighted by atomic mass is 10.1. The van der Waals surface area contributed by atoms with Crippen molar-refractivity contribution in [2.45, 2.75) is 5.37 Å². The first-order valence-corrected chi connectivity index (χ1v) is 8.75. The van der Waals surface area contributed by atoms with Crippen LogP contribution in [0.5, 0.6) is 11.5 Å². The van der Waals surface area contributed by atoms with Crippen LogP contribution in [0.4, 0.5) is 5.69 Å². The molecule has 2 aromatic rings. The minimum absolute atomic E-state index is 0.0281. The van der Waals surface area contributed by atoms with Crippen LogP contribution in [0.15, 0.2) is 42.5 Å². The molecule has 8 heteroatoms. The van der Waals surface area contributed by atoms with Crippen LogP contribution in [0.3, 0.4) is 0 Å². The highest BCUT2D eigenvalue weighted by Gasteiger charge is 2.32. The second-order valence-electron chi connectivity index (χ2n) is 5.64. The summed E-state index contributed by atoms with van der Waals surface area (Å²) >= 11 is 1.68. The van der Waals surface area contributed by atoms with Gasteiger partial charge in [0.25, 0.3) is 11.6 Å². The second-order valence-corrected chi connectivity index (χ2v) is 6.83. The van der Waals surface area contributed by atoms with Crippen LogP contribution < -0.4 is 9.47 Å². The molecule has 2 aliphatic heterocycles. The molecule has 2 aromatic carbocycles. The van der Waals surface area contributed by atoms with Gasteiger partial charge >= 0.3 is 0 Å². The summed E-state index contributed by atoms with van der Waals surface area (Å²) in [4.78, 5) is 24.9. The summed E-state index contributed by atoms with van der Waals surface area (Å²) in [5.41, 5.74) is 1.39. The summed E-state index contributed by atoms with van der Waals surface area (Å²) in [7, 11) is 0. The van der Waals surface area contributed by atoms with E-state index < -0.39 is 4.92 Å². The Morgan fingerprint density at radius 3 is 2.68 bits per heavy atom. The Balaban J connectivity index is 1.58. The van der Waals surface area contributed by atoms with Gasteiger partial charge in [-0.2, -0.15) is 0 Å². The lowest BCUT2D eigenvalue weighted by molar-refractivity contribution is -0.384. The van der Waals surface area contributed by atoms with E-state index in [9.17, 15) is 14.9 Å². The van der Waals surface area contributed by atoms with Gasteiger partial charge in [-0.25, -0.2) is 0 Å². The second kappa shape index (κ2) is 6.29. The van der Waals surface area contributed by atoms with Crippen molar-refractivity contribution in [3.63, 3.8) is 0 Å². The molecule has 128 valence electrons. The lowest BCUT2D eigenvalue weighted by Gasteiger charge is -2.24. The Morgan fingerprint density at radius 2 is 1.92 bits per heavy atom. The van der Waals surface area contributed by atoms with Crippen LogP contribution in [0.25, 0.3) is 0 Å². The van der Waals surface area contributed by atoms with Gasteiger partial charge in [-0.05, 0) is 29.8 Å². The van der Waals surface area contributed by atoms with Crippen LogP contribution in [-0.4, -0.2) is 34.8 Å². The number of fused-ring (bicyclic) bond motifs is 1. The molecule has 25 heavy (non-hydrogen) atoms. The van der Waals surface area contributed by atoms with E-state index in [0.29, 0.717) is 23.6 Å². The molecule has 4 rings (SSSR count). The Bertz CT molecular complexity index is 839. The highest BCUT2D eigenvalue weighted by atomic mass is 32.2. The van der Waals surface area contributed by atoms with Crippen LogP contribution in [0, 0.1) is 10.1 Å². The number of nitrogens with zero attached hydrogens (tertiary/aromatic N) is 2. The Morgan fingerprint density at radius 1 is 1.16 bits per heavy atom. The summed E-state index contributed by atoms with van der Waals surface area (Å²) < 4.78 is 10.7. The van der Waals surface area contributed by atoms with E-state index >= 15 is 0 Å². The fourth-order valence-electron chi connectivity index (χ4n) is 2.91. The number of benzene rings is 2. The first-order valence-electron chi connectivity index (χ1n) is 7.70. The van der Waals surface area contributed by atoms with E-state index in [1.54, 1.807) is 16.7 Å². The van der Waals surface area contributed by atoms with E-state index in [1.807, 2.05) is 18.2 Å². The van der Waals surface area contributed by atoms with Gasteiger partial charge in [-0.3, -0.25) is 14.9 Å². The molecule has 1 unspecified atom stereocenters. The predicted octanol–water partition coefficient (Wildman–Crippen LogP) is 3.21. The number of amides is 1. The fourth-order valence-corrected chi connectivity index (χ4v) is 4.16. The van der Waals surface area contributed by atoms with Gasteiger partial charge in [-0.15, -0.1) is 11.8 Å². The Hall–Kier alpha value is -2.74. The summed E-state index contributed by atoms with van der Waals surface area (Å²) in [6.07, 6.45) is 0. The molecular weight excluding hydrogens is 344 g/mol. The number of thioether (sulfide) groups is 1. The SMILES string of the molecule is O=C(c1ccc([N+](=O)[O-])cc1)N1CCSC1c1ccc2c(c1)OCO2. The Labute approximate surface area is 147 Å². The third-order valence-corrected chi connectivity index (χ3v) is 5.42. The van der Waals surface area contributed by atoms with Crippen molar-refractivity contribution in [3.8, 4) is 11.5 Å². The molecule has 2 heterocycles. The summed E-state index contributed by atoms with van der Waals surface area (Å²) in [6.45, 7) is 0.835. The number of nitro groups is 1. The van der Waals surface area contributed by atoms with Crippen molar-refractivity contribution in [1.29, 1.82) is 0 Å². The molecule has 1 saturated heterocycles. The predicted molar refractivity (Wildman–Crippen MR) is 91.9 cm³/mol. The average molecular weight is 358 g/mol. The molecule has 0 N–H and O–H groups in total. The number of nitro benzene ring substituents is 1. The van der Waals surface area contributed by atoms with Crippen molar-refractivity contribution in [2.24, 2.45) is 0 Å². The topological polar surface area (TPSA) is 81.9 Å². The van der Waals surface area contributed by atoms with Crippen molar-refractivity contribution >= 4 is 23.4 Å². The number of carbonyl (C=O) groups is 1. The minimum atomic E-state index is -0.477. The first-order chi connectivity index (χ1) is 12.1. The normalized spacial score (nSPS) is 18.4. The van der Waals surface area contributed by atoms with Gasteiger partial charge in [0.15, 0.2) is 11.5 Å². The molecule has 1 amide bonds. The molecule has 1 fully saturated rings. The van der Waals surface area contributed by atoms with Crippen LogP contribution in [0.2, 0.25) is 0 Å². The lowest BCUT2D eigenvalue weighted by Crippen LogP contribution is -2.30. The van der Waals surface area contributed by atoms with Crippen LogP contribution in [-0.2, 0) is 0 Å². The van der Waals surface area contributed by atoms with E-state index in [1.165, 1.54) is 24.3 Å². The van der Waals surface area contributed by atoms with Gasteiger partial charge in [0.05, 0.1) is 4.92 Å². The zero-order valence-electron chi connectivity index (χ0n) is 13.1. The summed E-state index contributed by atoms with van der Waals surface area (Å²) in [5, 5.41) is 10.6. The zero-order valence-corrected chi connectivity index (χ0v) is 13.9. The number of ether oxygens (including phenoxy) is 2. The molecule has 1 atom stereocenters. The highest BCUT2D eigenvalue weighted by Crippen LogP contribution is 2.42. The van der Waals surface area contributed by atoms with E-state index in [2.05, 4.69) is 0 Å². The van der Waals surface area contributed by atoms with Gasteiger partial charge in [0, 0.05) is 30.0 Å². The van der Waals surface area contributed by atoms with Crippen LogP contribution in [0.1, 0.15) is 21.3 Å². The van der Waals surface area contributed by atoms with Crippen LogP contribution >= 0.6 is 11.8 Å². The summed E-state index contributed by atoms with van der Waals surface area (Å²) in [5.74, 6) is 2.09. The third-order valence-electron chi connectivity index (χ3n) is 4.16. The monoisotopic (exact) mass is 358 g/mol. The molecule has 7 nitrogen and oxygen atoms in total. The molecule has 0 spiro atoms. The van der Waals surface area contributed by atoms with E-state index in [0.717, 1.165) is 11.3 Å². The van der Waals surface area contributed by atoms with Gasteiger partial charge in [0.2, 0.25) is 6.79 Å². The van der Waals surface area contributed by atoms with Gasteiger partial charge in [0.1, 0.15) is 5.37 Å². The average Bonchev–Trinajstić information content (AvgIpc) is 3.29. The molecular formula is C17H14N2O5S. The number of non-ortho nitro benzene ring substituents is 1. The summed E-state index contributed by atoms with van der Waals surface area (Å²) in [6, 6.07) is 11.4. The molecule has 0 aliphatic carbocycles. The molecule has 0 radical (unpaired) electrons. The van der Waals surface area contributed by atoms with Gasteiger partial charge < -0.3 is 14.4 Å². The van der Waals surface area contributed by atoms with Crippen molar-refractivity contribution in [3.05, 3.63) is 63.7 Å².